The lowest BCUT2D eigenvalue weighted by molar-refractivity contribution is 0.183. The number of aromatic nitrogens is 1. The zero-order valence-electron chi connectivity index (χ0n) is 11.1. The Bertz CT molecular complexity index is 542. The van der Waals surface area contributed by atoms with Crippen LogP contribution in [0.15, 0.2) is 30.5 Å². The van der Waals surface area contributed by atoms with Crippen molar-refractivity contribution in [1.82, 2.24) is 4.98 Å². The Balaban J connectivity index is 2.42. The first kappa shape index (κ1) is 12.6. The Morgan fingerprint density at radius 2 is 2.17 bits per heavy atom. The third kappa shape index (κ3) is 2.24. The van der Waals surface area contributed by atoms with Crippen LogP contribution >= 0.6 is 0 Å². The first-order valence-electron chi connectivity index (χ1n) is 6.00. The lowest BCUT2D eigenvalue weighted by atomic mass is 10.1. The molecule has 18 heavy (non-hydrogen) atoms. The third-order valence-electron chi connectivity index (χ3n) is 3.25. The predicted octanol–water partition coefficient (Wildman–Crippen LogP) is 2.29. The van der Waals surface area contributed by atoms with Gasteiger partial charge in [-0.1, -0.05) is 0 Å². The van der Waals surface area contributed by atoms with E-state index < -0.39 is 0 Å². The summed E-state index contributed by atoms with van der Waals surface area (Å²) in [4.78, 5) is 6.43. The van der Waals surface area contributed by atoms with Crippen LogP contribution in [0.2, 0.25) is 0 Å². The summed E-state index contributed by atoms with van der Waals surface area (Å²) in [5.74, 6) is 0. The number of benzene rings is 1. The van der Waals surface area contributed by atoms with Crippen LogP contribution in [0, 0.1) is 0 Å². The molecule has 0 saturated carbocycles. The molecule has 0 saturated heterocycles. The maximum atomic E-state index is 6.23. The summed E-state index contributed by atoms with van der Waals surface area (Å²) < 4.78 is 5.18. The van der Waals surface area contributed by atoms with Crippen molar-refractivity contribution in [2.45, 2.75) is 13.0 Å². The summed E-state index contributed by atoms with van der Waals surface area (Å²) in [6.07, 6.45) is 1.78. The van der Waals surface area contributed by atoms with Gasteiger partial charge >= 0.3 is 0 Å². The van der Waals surface area contributed by atoms with Crippen molar-refractivity contribution in [1.29, 1.82) is 0 Å². The highest BCUT2D eigenvalue weighted by atomic mass is 16.5. The Morgan fingerprint density at radius 1 is 1.39 bits per heavy atom. The first-order valence-corrected chi connectivity index (χ1v) is 6.00. The number of nitrogen functional groups attached to an aromatic ring is 1. The van der Waals surface area contributed by atoms with Crippen LogP contribution in [0.25, 0.3) is 10.9 Å². The summed E-state index contributed by atoms with van der Waals surface area (Å²) >= 11 is 0. The second kappa shape index (κ2) is 5.23. The second-order valence-electron chi connectivity index (χ2n) is 4.48. The van der Waals surface area contributed by atoms with Crippen LogP contribution < -0.4 is 10.6 Å². The summed E-state index contributed by atoms with van der Waals surface area (Å²) in [5, 5.41) is 0.992. The molecule has 2 N–H and O–H groups in total. The quantitative estimate of drug-likeness (QED) is 0.840. The van der Waals surface area contributed by atoms with Gasteiger partial charge < -0.3 is 15.4 Å². The lowest BCUT2D eigenvalue weighted by Gasteiger charge is -2.28. The van der Waals surface area contributed by atoms with Crippen LogP contribution in [0.1, 0.15) is 6.92 Å². The maximum Gasteiger partial charge on any atom is 0.0724 e. The number of rotatable bonds is 4. The van der Waals surface area contributed by atoms with Crippen molar-refractivity contribution < 1.29 is 4.74 Å². The Kier molecular flexibility index (Phi) is 3.67. The molecule has 0 bridgehead atoms. The van der Waals surface area contributed by atoms with Crippen molar-refractivity contribution in [3.8, 4) is 0 Å². The molecule has 2 rings (SSSR count). The molecule has 0 spiro atoms. The minimum absolute atomic E-state index is 0.270. The summed E-state index contributed by atoms with van der Waals surface area (Å²) in [6, 6.07) is 8.18. The van der Waals surface area contributed by atoms with E-state index in [1.54, 1.807) is 13.3 Å². The average Bonchev–Trinajstić information content (AvgIpc) is 2.39. The monoisotopic (exact) mass is 245 g/mol. The molecule has 96 valence electrons. The molecule has 0 aliphatic heterocycles. The van der Waals surface area contributed by atoms with E-state index in [1.807, 2.05) is 31.3 Å². The van der Waals surface area contributed by atoms with Crippen LogP contribution in [0.4, 0.5) is 11.4 Å². The summed E-state index contributed by atoms with van der Waals surface area (Å²) in [7, 11) is 3.73. The number of methoxy groups -OCH3 is 1. The largest absolute Gasteiger partial charge is 0.396 e. The fourth-order valence-corrected chi connectivity index (χ4v) is 2.06. The van der Waals surface area contributed by atoms with Crippen molar-refractivity contribution in [3.05, 3.63) is 30.5 Å². The number of nitrogens with zero attached hydrogens (tertiary/aromatic N) is 2. The van der Waals surface area contributed by atoms with Gasteiger partial charge in [-0.25, -0.2) is 0 Å². The topological polar surface area (TPSA) is 51.4 Å². The molecule has 1 atom stereocenters. The van der Waals surface area contributed by atoms with Gasteiger partial charge in [0.25, 0.3) is 0 Å². The molecular formula is C14H19N3O. The Labute approximate surface area is 107 Å². The van der Waals surface area contributed by atoms with E-state index in [0.29, 0.717) is 6.61 Å². The normalized spacial score (nSPS) is 12.6. The number of nitrogens with two attached hydrogens (primary N) is 1. The van der Waals surface area contributed by atoms with Gasteiger partial charge in [0.05, 0.1) is 23.5 Å². The van der Waals surface area contributed by atoms with Crippen molar-refractivity contribution in [2.24, 2.45) is 0 Å². The molecule has 1 aromatic carbocycles. The van der Waals surface area contributed by atoms with Crippen molar-refractivity contribution in [2.75, 3.05) is 31.4 Å². The molecule has 0 fully saturated rings. The molecule has 0 radical (unpaired) electrons. The molecule has 2 aromatic rings. The molecule has 0 aliphatic rings. The zero-order chi connectivity index (χ0) is 13.1. The molecule has 4 heteroatoms. The minimum Gasteiger partial charge on any atom is -0.396 e. The Hall–Kier alpha value is -1.81. The van der Waals surface area contributed by atoms with Gasteiger partial charge in [0.15, 0.2) is 0 Å². The van der Waals surface area contributed by atoms with E-state index in [1.165, 1.54) is 0 Å². The fourth-order valence-electron chi connectivity index (χ4n) is 2.06. The molecule has 1 aromatic heterocycles. The highest BCUT2D eigenvalue weighted by Gasteiger charge is 2.14. The van der Waals surface area contributed by atoms with E-state index in [0.717, 1.165) is 22.3 Å². The average molecular weight is 245 g/mol. The SMILES string of the molecule is COCC(C)N(C)c1ccc2ncccc2c1N. The number of hydrogen-bond donors (Lipinski definition) is 1. The number of likely N-dealkylation sites (N-methyl/N-ethyl adjacent to an activating group) is 1. The Morgan fingerprint density at radius 3 is 2.89 bits per heavy atom. The van der Waals surface area contributed by atoms with Crippen molar-refractivity contribution >= 4 is 22.3 Å². The number of ether oxygens (including phenoxy) is 1. The molecule has 0 amide bonds. The number of pyridine rings is 1. The van der Waals surface area contributed by atoms with Crippen LogP contribution in [0.5, 0.6) is 0 Å². The smallest absolute Gasteiger partial charge is 0.0724 e. The fraction of sp³-hybridized carbons (Fsp3) is 0.357. The van der Waals surface area contributed by atoms with E-state index >= 15 is 0 Å². The van der Waals surface area contributed by atoms with Crippen molar-refractivity contribution in [3.63, 3.8) is 0 Å². The number of hydrogen-bond acceptors (Lipinski definition) is 4. The minimum atomic E-state index is 0.270. The second-order valence-corrected chi connectivity index (χ2v) is 4.48. The number of fused-ring (bicyclic) bond motifs is 1. The molecule has 0 aliphatic carbocycles. The molecule has 1 unspecified atom stereocenters. The van der Waals surface area contributed by atoms with Crippen LogP contribution in [-0.4, -0.2) is 31.8 Å². The van der Waals surface area contributed by atoms with Gasteiger partial charge in [0.1, 0.15) is 0 Å². The first-order chi connectivity index (χ1) is 8.65. The molecular weight excluding hydrogens is 226 g/mol. The standard InChI is InChI=1S/C14H19N3O/c1-10(9-18-3)17(2)13-7-6-12-11(14(13)15)5-4-8-16-12/h4-8,10H,9,15H2,1-3H3. The van der Waals surface area contributed by atoms with Crippen LogP contribution in [0.3, 0.4) is 0 Å². The lowest BCUT2D eigenvalue weighted by Crippen LogP contribution is -2.33. The van der Waals surface area contributed by atoms with E-state index in [-0.39, 0.29) is 6.04 Å². The zero-order valence-corrected chi connectivity index (χ0v) is 11.1. The highest BCUT2D eigenvalue weighted by Crippen LogP contribution is 2.30. The molecule has 4 nitrogen and oxygen atoms in total. The number of anilines is 2. The van der Waals surface area contributed by atoms with Gasteiger partial charge in [0.2, 0.25) is 0 Å². The van der Waals surface area contributed by atoms with Gasteiger partial charge in [-0.3, -0.25) is 4.98 Å². The third-order valence-corrected chi connectivity index (χ3v) is 3.25. The van der Waals surface area contributed by atoms with Gasteiger partial charge in [-0.05, 0) is 31.2 Å². The maximum absolute atomic E-state index is 6.23. The van der Waals surface area contributed by atoms with Gasteiger partial charge in [0, 0.05) is 31.8 Å². The van der Waals surface area contributed by atoms with Gasteiger partial charge in [-0.15, -0.1) is 0 Å². The summed E-state index contributed by atoms with van der Waals surface area (Å²) in [5.41, 5.74) is 8.94. The van der Waals surface area contributed by atoms with E-state index in [9.17, 15) is 0 Å². The highest BCUT2D eigenvalue weighted by molar-refractivity contribution is 5.97. The van der Waals surface area contributed by atoms with Gasteiger partial charge in [-0.2, -0.15) is 0 Å². The van der Waals surface area contributed by atoms with E-state index in [2.05, 4.69) is 16.8 Å². The van der Waals surface area contributed by atoms with Crippen LogP contribution in [-0.2, 0) is 4.74 Å². The predicted molar refractivity (Wildman–Crippen MR) is 75.9 cm³/mol. The molecule has 1 heterocycles. The van der Waals surface area contributed by atoms with E-state index in [4.69, 9.17) is 10.5 Å². The summed E-state index contributed by atoms with van der Waals surface area (Å²) in [6.45, 7) is 2.78.